The van der Waals surface area contributed by atoms with Crippen LogP contribution in [0.5, 0.6) is 0 Å². The lowest BCUT2D eigenvalue weighted by molar-refractivity contribution is 0.0750. The maximum absolute atomic E-state index is 12.0. The van der Waals surface area contributed by atoms with E-state index >= 15 is 0 Å². The van der Waals surface area contributed by atoms with Crippen LogP contribution < -0.4 is 11.2 Å². The Hall–Kier alpha value is -1.83. The fraction of sp³-hybridized carbons (Fsp3) is 0.400. The molecule has 1 aliphatic heterocycles. The summed E-state index contributed by atoms with van der Waals surface area (Å²) >= 11 is 0. The number of benzene rings is 1. The second-order valence-electron chi connectivity index (χ2n) is 4.57. The van der Waals surface area contributed by atoms with Gasteiger partial charge in [-0.15, -0.1) is 0 Å². The number of hydrogen-bond acceptors (Lipinski definition) is 3. The van der Waals surface area contributed by atoms with Crippen molar-refractivity contribution in [1.82, 2.24) is 10.4 Å². The van der Waals surface area contributed by atoms with E-state index in [2.05, 4.69) is 17.3 Å². The molecule has 1 aromatic carbocycles. The molecule has 100 valence electrons. The molecule has 0 aromatic heterocycles. The number of nitrogens with one attached hydrogen (secondary N) is 1. The van der Waals surface area contributed by atoms with E-state index in [1.54, 1.807) is 12.1 Å². The van der Waals surface area contributed by atoms with Gasteiger partial charge in [-0.05, 0) is 37.1 Å². The zero-order chi connectivity index (χ0) is 13.5. The SMILES string of the molecule is NCC#Cc1ccc(C(=O)NN2CCCCC2)cc1. The second kappa shape index (κ2) is 6.93. The molecule has 0 atom stereocenters. The molecule has 0 aliphatic carbocycles. The van der Waals surface area contributed by atoms with Crippen LogP contribution in [0.3, 0.4) is 0 Å². The van der Waals surface area contributed by atoms with Gasteiger partial charge in [0.25, 0.3) is 5.91 Å². The van der Waals surface area contributed by atoms with Crippen molar-refractivity contribution in [1.29, 1.82) is 0 Å². The summed E-state index contributed by atoms with van der Waals surface area (Å²) in [5.41, 5.74) is 9.78. The molecule has 1 aliphatic rings. The Balaban J connectivity index is 1.95. The monoisotopic (exact) mass is 257 g/mol. The Morgan fingerprint density at radius 1 is 1.21 bits per heavy atom. The van der Waals surface area contributed by atoms with E-state index < -0.39 is 0 Å². The molecule has 0 spiro atoms. The van der Waals surface area contributed by atoms with Gasteiger partial charge in [0.2, 0.25) is 0 Å². The summed E-state index contributed by atoms with van der Waals surface area (Å²) in [6, 6.07) is 7.27. The van der Waals surface area contributed by atoms with Crippen LogP contribution in [0.15, 0.2) is 24.3 Å². The van der Waals surface area contributed by atoms with Crippen molar-refractivity contribution in [2.24, 2.45) is 5.73 Å². The zero-order valence-electron chi connectivity index (χ0n) is 11.0. The molecular weight excluding hydrogens is 238 g/mol. The van der Waals surface area contributed by atoms with Gasteiger partial charge in [0.15, 0.2) is 0 Å². The Morgan fingerprint density at radius 2 is 1.89 bits per heavy atom. The summed E-state index contributed by atoms with van der Waals surface area (Å²) in [5, 5.41) is 1.99. The fourth-order valence-corrected chi connectivity index (χ4v) is 2.07. The third-order valence-electron chi connectivity index (χ3n) is 3.10. The third-order valence-corrected chi connectivity index (χ3v) is 3.10. The van der Waals surface area contributed by atoms with Crippen LogP contribution in [0.2, 0.25) is 0 Å². The summed E-state index contributed by atoms with van der Waals surface area (Å²) in [6.45, 7) is 2.22. The zero-order valence-corrected chi connectivity index (χ0v) is 11.0. The van der Waals surface area contributed by atoms with Crippen LogP contribution in [0, 0.1) is 11.8 Å². The molecule has 1 amide bonds. The van der Waals surface area contributed by atoms with Crippen molar-refractivity contribution < 1.29 is 4.79 Å². The van der Waals surface area contributed by atoms with E-state index in [-0.39, 0.29) is 5.91 Å². The first-order valence-corrected chi connectivity index (χ1v) is 6.64. The van der Waals surface area contributed by atoms with Gasteiger partial charge in [-0.3, -0.25) is 10.2 Å². The third kappa shape index (κ3) is 4.09. The molecule has 0 radical (unpaired) electrons. The molecule has 19 heavy (non-hydrogen) atoms. The lowest BCUT2D eigenvalue weighted by Crippen LogP contribution is -2.45. The molecule has 1 heterocycles. The van der Waals surface area contributed by atoms with Crippen LogP contribution in [-0.2, 0) is 0 Å². The van der Waals surface area contributed by atoms with Crippen molar-refractivity contribution in [3.8, 4) is 11.8 Å². The van der Waals surface area contributed by atoms with Crippen LogP contribution in [0.1, 0.15) is 35.2 Å². The van der Waals surface area contributed by atoms with Gasteiger partial charge in [0, 0.05) is 24.2 Å². The van der Waals surface area contributed by atoms with Gasteiger partial charge in [0.05, 0.1) is 6.54 Å². The second-order valence-corrected chi connectivity index (χ2v) is 4.57. The molecule has 0 bridgehead atoms. The molecule has 1 fully saturated rings. The van der Waals surface area contributed by atoms with Gasteiger partial charge in [-0.2, -0.15) is 0 Å². The Bertz CT molecular complexity index is 478. The van der Waals surface area contributed by atoms with E-state index in [1.165, 1.54) is 6.42 Å². The largest absolute Gasteiger partial charge is 0.320 e. The minimum atomic E-state index is -0.0553. The summed E-state index contributed by atoms with van der Waals surface area (Å²) in [4.78, 5) is 12.0. The summed E-state index contributed by atoms with van der Waals surface area (Å²) < 4.78 is 0. The minimum Gasteiger partial charge on any atom is -0.320 e. The van der Waals surface area contributed by atoms with E-state index in [0.717, 1.165) is 31.5 Å². The van der Waals surface area contributed by atoms with Crippen LogP contribution in [-0.4, -0.2) is 30.6 Å². The Labute approximate surface area is 113 Å². The van der Waals surface area contributed by atoms with E-state index in [4.69, 9.17) is 5.73 Å². The first kappa shape index (κ1) is 13.6. The maximum atomic E-state index is 12.0. The predicted molar refractivity (Wildman–Crippen MR) is 75.3 cm³/mol. The highest BCUT2D eigenvalue weighted by molar-refractivity contribution is 5.93. The highest BCUT2D eigenvalue weighted by atomic mass is 16.2. The smallest absolute Gasteiger partial charge is 0.265 e. The number of nitrogens with zero attached hydrogens (tertiary/aromatic N) is 1. The minimum absolute atomic E-state index is 0.0553. The normalized spacial score (nSPS) is 15.4. The number of nitrogens with two attached hydrogens (primary N) is 1. The van der Waals surface area contributed by atoms with Crippen molar-refractivity contribution in [3.63, 3.8) is 0 Å². The topological polar surface area (TPSA) is 58.4 Å². The number of rotatable bonds is 2. The lowest BCUT2D eigenvalue weighted by Gasteiger charge is -2.26. The number of piperidine rings is 1. The van der Waals surface area contributed by atoms with Gasteiger partial charge in [-0.1, -0.05) is 18.3 Å². The Morgan fingerprint density at radius 3 is 2.53 bits per heavy atom. The molecule has 3 N–H and O–H groups in total. The van der Waals surface area contributed by atoms with Crippen LogP contribution >= 0.6 is 0 Å². The number of carbonyl (C=O) groups is 1. The summed E-state index contributed by atoms with van der Waals surface area (Å²) in [5.74, 6) is 5.67. The van der Waals surface area contributed by atoms with Crippen molar-refractivity contribution >= 4 is 5.91 Å². The standard InChI is InChI=1S/C15H19N3O/c16-10-4-5-13-6-8-14(9-7-13)15(19)17-18-11-2-1-3-12-18/h6-9H,1-3,10-12,16H2,(H,17,19). The average Bonchev–Trinajstić information content (AvgIpc) is 2.46. The molecule has 1 aromatic rings. The van der Waals surface area contributed by atoms with Crippen molar-refractivity contribution in [2.45, 2.75) is 19.3 Å². The molecule has 0 saturated carbocycles. The molecule has 4 nitrogen and oxygen atoms in total. The molecule has 1 saturated heterocycles. The maximum Gasteiger partial charge on any atom is 0.265 e. The van der Waals surface area contributed by atoms with Crippen molar-refractivity contribution in [2.75, 3.05) is 19.6 Å². The number of hydrazine groups is 1. The first-order chi connectivity index (χ1) is 9.29. The van der Waals surface area contributed by atoms with E-state index in [1.807, 2.05) is 17.1 Å². The predicted octanol–water partition coefficient (Wildman–Crippen LogP) is 1.13. The highest BCUT2D eigenvalue weighted by Crippen LogP contribution is 2.08. The molecule has 0 unspecified atom stereocenters. The summed E-state index contributed by atoms with van der Waals surface area (Å²) in [6.07, 6.45) is 3.54. The first-order valence-electron chi connectivity index (χ1n) is 6.64. The number of carbonyl (C=O) groups excluding carboxylic acids is 1. The summed E-state index contributed by atoms with van der Waals surface area (Å²) in [7, 11) is 0. The molecule has 4 heteroatoms. The van der Waals surface area contributed by atoms with Gasteiger partial charge >= 0.3 is 0 Å². The molecular formula is C15H19N3O. The highest BCUT2D eigenvalue weighted by Gasteiger charge is 2.13. The van der Waals surface area contributed by atoms with Gasteiger partial charge < -0.3 is 5.73 Å². The van der Waals surface area contributed by atoms with Gasteiger partial charge in [-0.25, -0.2) is 5.01 Å². The van der Waals surface area contributed by atoms with E-state index in [0.29, 0.717) is 12.1 Å². The number of hydrogen-bond donors (Lipinski definition) is 2. The lowest BCUT2D eigenvalue weighted by atomic mass is 10.1. The number of amides is 1. The average molecular weight is 257 g/mol. The van der Waals surface area contributed by atoms with Crippen LogP contribution in [0.4, 0.5) is 0 Å². The molecule has 2 rings (SSSR count). The van der Waals surface area contributed by atoms with Gasteiger partial charge in [0.1, 0.15) is 0 Å². The van der Waals surface area contributed by atoms with E-state index in [9.17, 15) is 4.79 Å². The Kier molecular flexibility index (Phi) is 4.96. The fourth-order valence-electron chi connectivity index (χ4n) is 2.07. The quantitative estimate of drug-likeness (QED) is 0.781. The van der Waals surface area contributed by atoms with Crippen molar-refractivity contribution in [3.05, 3.63) is 35.4 Å². The van der Waals surface area contributed by atoms with Crippen LogP contribution in [0.25, 0.3) is 0 Å².